The van der Waals surface area contributed by atoms with Crippen molar-refractivity contribution in [3.63, 3.8) is 0 Å². The van der Waals surface area contributed by atoms with Crippen LogP contribution in [-0.4, -0.2) is 30.9 Å². The summed E-state index contributed by atoms with van der Waals surface area (Å²) in [5.74, 6) is 3.74. The standard InChI is InChI=1S/C15H21NO2S/c1-18-15-3-2-12(11-5-8-19-9-6-11)10-13(15)14(17)4-7-16/h2-3,10-11H,4-9,16H2,1H3. The van der Waals surface area contributed by atoms with Gasteiger partial charge in [0.1, 0.15) is 5.75 Å². The lowest BCUT2D eigenvalue weighted by atomic mass is 9.91. The van der Waals surface area contributed by atoms with Crippen molar-refractivity contribution in [1.29, 1.82) is 0 Å². The van der Waals surface area contributed by atoms with E-state index in [4.69, 9.17) is 10.5 Å². The van der Waals surface area contributed by atoms with Gasteiger partial charge in [-0.05, 0) is 54.5 Å². The van der Waals surface area contributed by atoms with Crippen molar-refractivity contribution in [2.24, 2.45) is 5.73 Å². The normalized spacial score (nSPS) is 16.3. The van der Waals surface area contributed by atoms with Crippen LogP contribution in [0.25, 0.3) is 0 Å². The molecule has 19 heavy (non-hydrogen) atoms. The predicted molar refractivity (Wildman–Crippen MR) is 80.3 cm³/mol. The molecule has 0 unspecified atom stereocenters. The summed E-state index contributed by atoms with van der Waals surface area (Å²) < 4.78 is 5.29. The van der Waals surface area contributed by atoms with Crippen LogP contribution in [0.1, 0.15) is 41.1 Å². The molecule has 1 heterocycles. The van der Waals surface area contributed by atoms with Gasteiger partial charge in [-0.1, -0.05) is 6.07 Å². The van der Waals surface area contributed by atoms with Gasteiger partial charge in [0, 0.05) is 6.42 Å². The number of thioether (sulfide) groups is 1. The molecule has 1 aromatic carbocycles. The molecule has 1 aliphatic heterocycles. The molecule has 0 aromatic heterocycles. The number of rotatable bonds is 5. The topological polar surface area (TPSA) is 52.3 Å². The first-order valence-corrected chi connectivity index (χ1v) is 7.90. The molecule has 0 radical (unpaired) electrons. The van der Waals surface area contributed by atoms with Gasteiger partial charge in [-0.3, -0.25) is 4.79 Å². The van der Waals surface area contributed by atoms with Gasteiger partial charge in [-0.2, -0.15) is 11.8 Å². The molecule has 104 valence electrons. The van der Waals surface area contributed by atoms with Crippen LogP contribution in [0.5, 0.6) is 5.75 Å². The molecule has 0 atom stereocenters. The van der Waals surface area contributed by atoms with Crippen molar-refractivity contribution in [2.45, 2.75) is 25.2 Å². The monoisotopic (exact) mass is 279 g/mol. The zero-order chi connectivity index (χ0) is 13.7. The van der Waals surface area contributed by atoms with Crippen molar-refractivity contribution in [3.05, 3.63) is 29.3 Å². The molecule has 1 aromatic rings. The van der Waals surface area contributed by atoms with E-state index in [9.17, 15) is 4.79 Å². The van der Waals surface area contributed by atoms with Gasteiger partial charge in [0.2, 0.25) is 0 Å². The van der Waals surface area contributed by atoms with Gasteiger partial charge in [0.15, 0.2) is 5.78 Å². The van der Waals surface area contributed by atoms with Crippen LogP contribution in [-0.2, 0) is 0 Å². The van der Waals surface area contributed by atoms with E-state index in [1.807, 2.05) is 23.9 Å². The summed E-state index contributed by atoms with van der Waals surface area (Å²) in [6, 6.07) is 6.02. The number of ether oxygens (including phenoxy) is 1. The molecular weight excluding hydrogens is 258 g/mol. The van der Waals surface area contributed by atoms with E-state index in [1.165, 1.54) is 29.9 Å². The van der Waals surface area contributed by atoms with Crippen molar-refractivity contribution < 1.29 is 9.53 Å². The second kappa shape index (κ2) is 6.96. The van der Waals surface area contributed by atoms with Crippen LogP contribution < -0.4 is 10.5 Å². The fraction of sp³-hybridized carbons (Fsp3) is 0.533. The Morgan fingerprint density at radius 3 is 2.79 bits per heavy atom. The Bertz CT molecular complexity index is 442. The molecule has 0 spiro atoms. The van der Waals surface area contributed by atoms with Crippen LogP contribution >= 0.6 is 11.8 Å². The molecule has 2 N–H and O–H groups in total. The highest BCUT2D eigenvalue weighted by Crippen LogP contribution is 2.34. The molecule has 0 bridgehead atoms. The van der Waals surface area contributed by atoms with Gasteiger partial charge >= 0.3 is 0 Å². The number of carbonyl (C=O) groups is 1. The Kier molecular flexibility index (Phi) is 5.28. The summed E-state index contributed by atoms with van der Waals surface area (Å²) in [4.78, 5) is 12.1. The van der Waals surface area contributed by atoms with Crippen LogP contribution in [0, 0.1) is 0 Å². The van der Waals surface area contributed by atoms with Gasteiger partial charge in [0.25, 0.3) is 0 Å². The summed E-state index contributed by atoms with van der Waals surface area (Å²) in [6.07, 6.45) is 2.77. The average Bonchev–Trinajstić information content (AvgIpc) is 2.47. The Labute approximate surface area is 118 Å². The van der Waals surface area contributed by atoms with Crippen LogP contribution in [0.4, 0.5) is 0 Å². The third-order valence-corrected chi connectivity index (χ3v) is 4.64. The number of Topliss-reactive ketones (excluding diaryl/α,β-unsaturated/α-hetero) is 1. The fourth-order valence-corrected chi connectivity index (χ4v) is 3.60. The molecule has 1 aliphatic rings. The largest absolute Gasteiger partial charge is 0.496 e. The van der Waals surface area contributed by atoms with Gasteiger partial charge in [-0.25, -0.2) is 0 Å². The highest BCUT2D eigenvalue weighted by Gasteiger charge is 2.19. The number of hydrogen-bond donors (Lipinski definition) is 1. The number of benzene rings is 1. The molecule has 1 saturated heterocycles. The second-order valence-corrected chi connectivity index (χ2v) is 6.03. The summed E-state index contributed by atoms with van der Waals surface area (Å²) in [5.41, 5.74) is 7.42. The minimum Gasteiger partial charge on any atom is -0.496 e. The van der Waals surface area contributed by atoms with Crippen LogP contribution in [0.2, 0.25) is 0 Å². The maximum absolute atomic E-state index is 12.1. The van der Waals surface area contributed by atoms with E-state index in [-0.39, 0.29) is 5.78 Å². The first-order valence-electron chi connectivity index (χ1n) is 6.75. The van der Waals surface area contributed by atoms with Crippen molar-refractivity contribution >= 4 is 17.5 Å². The summed E-state index contributed by atoms with van der Waals surface area (Å²) >= 11 is 2.01. The van der Waals surface area contributed by atoms with Crippen LogP contribution in [0.3, 0.4) is 0 Å². The first-order chi connectivity index (χ1) is 9.26. The highest BCUT2D eigenvalue weighted by atomic mass is 32.2. The number of carbonyl (C=O) groups excluding carboxylic acids is 1. The average molecular weight is 279 g/mol. The SMILES string of the molecule is COc1ccc(C2CCSCC2)cc1C(=O)CCN. The van der Waals surface area contributed by atoms with Crippen molar-refractivity contribution in [3.8, 4) is 5.75 Å². The smallest absolute Gasteiger partial charge is 0.167 e. The quantitative estimate of drug-likeness (QED) is 0.842. The minimum absolute atomic E-state index is 0.0754. The number of nitrogens with two attached hydrogens (primary N) is 1. The summed E-state index contributed by atoms with van der Waals surface area (Å²) in [6.45, 7) is 0.381. The summed E-state index contributed by atoms with van der Waals surface area (Å²) in [7, 11) is 1.60. The van der Waals surface area contributed by atoms with Crippen molar-refractivity contribution in [1.82, 2.24) is 0 Å². The zero-order valence-corrected chi connectivity index (χ0v) is 12.2. The maximum Gasteiger partial charge on any atom is 0.167 e. The Morgan fingerprint density at radius 1 is 1.42 bits per heavy atom. The van der Waals surface area contributed by atoms with E-state index in [1.54, 1.807) is 7.11 Å². The molecule has 0 amide bonds. The summed E-state index contributed by atoms with van der Waals surface area (Å²) in [5, 5.41) is 0. The Balaban J connectivity index is 2.26. The number of methoxy groups -OCH3 is 1. The Hall–Kier alpha value is -1.00. The molecule has 0 saturated carbocycles. The minimum atomic E-state index is 0.0754. The highest BCUT2D eigenvalue weighted by molar-refractivity contribution is 7.99. The molecule has 1 fully saturated rings. The zero-order valence-electron chi connectivity index (χ0n) is 11.4. The lowest BCUT2D eigenvalue weighted by Gasteiger charge is -2.22. The molecular formula is C15H21NO2S. The third-order valence-electron chi connectivity index (χ3n) is 3.59. The van der Waals surface area contributed by atoms with E-state index >= 15 is 0 Å². The maximum atomic E-state index is 12.1. The lowest BCUT2D eigenvalue weighted by molar-refractivity contribution is 0.0982. The van der Waals surface area contributed by atoms with Crippen molar-refractivity contribution in [2.75, 3.05) is 25.2 Å². The number of ketones is 1. The third kappa shape index (κ3) is 3.51. The van der Waals surface area contributed by atoms with Crippen LogP contribution in [0.15, 0.2) is 18.2 Å². The molecule has 2 rings (SSSR count). The Morgan fingerprint density at radius 2 is 2.16 bits per heavy atom. The predicted octanol–water partition coefficient (Wildman–Crippen LogP) is 2.84. The van der Waals surface area contributed by atoms with E-state index < -0.39 is 0 Å². The van der Waals surface area contributed by atoms with E-state index in [0.717, 1.165) is 0 Å². The van der Waals surface area contributed by atoms with E-state index in [2.05, 4.69) is 6.07 Å². The number of hydrogen-bond acceptors (Lipinski definition) is 4. The fourth-order valence-electron chi connectivity index (χ4n) is 2.49. The van der Waals surface area contributed by atoms with E-state index in [0.29, 0.717) is 30.2 Å². The first kappa shape index (κ1) is 14.4. The second-order valence-electron chi connectivity index (χ2n) is 4.81. The lowest BCUT2D eigenvalue weighted by Crippen LogP contribution is -2.12. The molecule has 4 heteroatoms. The van der Waals surface area contributed by atoms with Gasteiger partial charge in [0.05, 0.1) is 12.7 Å². The van der Waals surface area contributed by atoms with Gasteiger partial charge in [-0.15, -0.1) is 0 Å². The molecule has 3 nitrogen and oxygen atoms in total. The van der Waals surface area contributed by atoms with Gasteiger partial charge < -0.3 is 10.5 Å². The molecule has 0 aliphatic carbocycles.